The van der Waals surface area contributed by atoms with Crippen LogP contribution >= 0.6 is 11.3 Å². The van der Waals surface area contributed by atoms with Crippen molar-refractivity contribution in [1.29, 1.82) is 0 Å². The molecule has 0 bridgehead atoms. The van der Waals surface area contributed by atoms with Crippen LogP contribution in [0.3, 0.4) is 0 Å². The van der Waals surface area contributed by atoms with E-state index in [0.29, 0.717) is 10.6 Å². The topological polar surface area (TPSA) is 52.3 Å². The molecule has 0 aromatic carbocycles. The Bertz CT molecular complexity index is 512. The largest absolute Gasteiger partial charge is 0.390 e. The number of anilines is 1. The van der Waals surface area contributed by atoms with E-state index in [2.05, 4.69) is 0 Å². The van der Waals surface area contributed by atoms with Gasteiger partial charge in [-0.2, -0.15) is 0 Å². The zero-order chi connectivity index (χ0) is 13.9. The molecule has 18 heavy (non-hydrogen) atoms. The van der Waals surface area contributed by atoms with E-state index in [1.54, 1.807) is 0 Å². The number of hydrogen-bond acceptors (Lipinski definition) is 4. The smallest absolute Gasteiger partial charge is 0.168 e. The zero-order valence-electron chi connectivity index (χ0n) is 11.9. The Balaban J connectivity index is 2.70. The van der Waals surface area contributed by atoms with Crippen molar-refractivity contribution in [2.45, 2.75) is 52.7 Å². The van der Waals surface area contributed by atoms with Crippen LogP contribution in [0.5, 0.6) is 0 Å². The third-order valence-corrected chi connectivity index (χ3v) is 4.69. The highest BCUT2D eigenvalue weighted by Gasteiger charge is 2.48. The maximum atomic E-state index is 12.4. The van der Waals surface area contributed by atoms with Crippen LogP contribution in [-0.4, -0.2) is 5.78 Å². The second kappa shape index (κ2) is 3.81. The van der Waals surface area contributed by atoms with E-state index in [9.17, 15) is 4.79 Å². The Morgan fingerprint density at radius 2 is 1.78 bits per heavy atom. The van der Waals surface area contributed by atoms with E-state index in [1.807, 2.05) is 41.5 Å². The number of rotatable bonds is 2. The Morgan fingerprint density at radius 3 is 2.28 bits per heavy atom. The first kappa shape index (κ1) is 13.6. The molecule has 1 aliphatic rings. The van der Waals surface area contributed by atoms with Crippen LogP contribution in [0.15, 0.2) is 0 Å². The molecular weight excluding hydrogens is 246 g/mol. The zero-order valence-corrected chi connectivity index (χ0v) is 12.7. The summed E-state index contributed by atoms with van der Waals surface area (Å²) in [4.78, 5) is 13.4. The van der Waals surface area contributed by atoms with Crippen LogP contribution in [0.1, 0.15) is 62.3 Å². The van der Waals surface area contributed by atoms with Gasteiger partial charge in [0.05, 0.1) is 21.8 Å². The number of thiophene rings is 1. The second-order valence-corrected chi connectivity index (χ2v) is 7.24. The minimum atomic E-state index is -0.452. The quantitative estimate of drug-likeness (QED) is 0.832. The summed E-state index contributed by atoms with van der Waals surface area (Å²) in [5, 5.41) is 0.628. The van der Waals surface area contributed by atoms with Gasteiger partial charge in [-0.05, 0) is 27.7 Å². The Kier molecular flexibility index (Phi) is 2.87. The molecule has 2 N–H and O–H groups in total. The van der Waals surface area contributed by atoms with Crippen molar-refractivity contribution in [2.24, 2.45) is 5.92 Å². The van der Waals surface area contributed by atoms with Crippen LogP contribution < -0.4 is 5.73 Å². The molecule has 3 nitrogen and oxygen atoms in total. The van der Waals surface area contributed by atoms with Gasteiger partial charge in [0.1, 0.15) is 0 Å². The molecule has 0 spiro atoms. The highest BCUT2D eigenvalue weighted by atomic mass is 32.1. The van der Waals surface area contributed by atoms with E-state index < -0.39 is 5.60 Å². The van der Waals surface area contributed by atoms with E-state index >= 15 is 0 Å². The van der Waals surface area contributed by atoms with Gasteiger partial charge >= 0.3 is 0 Å². The lowest BCUT2D eigenvalue weighted by Gasteiger charge is -2.26. The van der Waals surface area contributed by atoms with Crippen molar-refractivity contribution in [3.05, 3.63) is 16.0 Å². The van der Waals surface area contributed by atoms with Crippen LogP contribution in [-0.2, 0) is 15.9 Å². The lowest BCUT2D eigenvalue weighted by atomic mass is 9.89. The molecule has 100 valence electrons. The maximum Gasteiger partial charge on any atom is 0.168 e. The van der Waals surface area contributed by atoms with Gasteiger partial charge in [0.2, 0.25) is 0 Å². The first-order valence-corrected chi connectivity index (χ1v) is 7.07. The van der Waals surface area contributed by atoms with Crippen molar-refractivity contribution < 1.29 is 9.53 Å². The first-order chi connectivity index (χ1) is 8.08. The Hall–Kier alpha value is -0.870. The molecule has 0 unspecified atom stereocenters. The van der Waals surface area contributed by atoms with Gasteiger partial charge in [-0.25, -0.2) is 0 Å². The van der Waals surface area contributed by atoms with E-state index in [0.717, 1.165) is 10.4 Å². The molecule has 1 aromatic heterocycles. The van der Waals surface area contributed by atoms with E-state index in [4.69, 9.17) is 10.5 Å². The summed E-state index contributed by atoms with van der Waals surface area (Å²) in [5.74, 6) is 0.0601. The highest BCUT2D eigenvalue weighted by Crippen LogP contribution is 2.53. The SMILES string of the molecule is CC(C)C(=O)c1c(N)sc2c1C(C)(C)OC2(C)C. The Morgan fingerprint density at radius 1 is 1.22 bits per heavy atom. The van der Waals surface area contributed by atoms with Crippen LogP contribution in [0.25, 0.3) is 0 Å². The molecule has 0 radical (unpaired) electrons. The van der Waals surface area contributed by atoms with Crippen molar-refractivity contribution in [2.75, 3.05) is 5.73 Å². The van der Waals surface area contributed by atoms with Crippen molar-refractivity contribution >= 4 is 22.1 Å². The number of hydrogen-bond donors (Lipinski definition) is 1. The van der Waals surface area contributed by atoms with E-state index in [1.165, 1.54) is 11.3 Å². The summed E-state index contributed by atoms with van der Waals surface area (Å²) >= 11 is 1.49. The molecule has 4 heteroatoms. The number of fused-ring (bicyclic) bond motifs is 1. The summed E-state index contributed by atoms with van der Waals surface area (Å²) in [7, 11) is 0. The summed E-state index contributed by atoms with van der Waals surface area (Å²) in [6.45, 7) is 11.9. The lowest BCUT2D eigenvalue weighted by Crippen LogP contribution is -2.24. The number of Topliss-reactive ketones (excluding diaryl/α,β-unsaturated/α-hetero) is 1. The second-order valence-electron chi connectivity index (χ2n) is 6.19. The minimum absolute atomic E-state index is 0.0505. The predicted octanol–water partition coefficient (Wildman–Crippen LogP) is 3.67. The van der Waals surface area contributed by atoms with E-state index in [-0.39, 0.29) is 17.3 Å². The lowest BCUT2D eigenvalue weighted by molar-refractivity contribution is -0.104. The van der Waals surface area contributed by atoms with Gasteiger partial charge < -0.3 is 10.5 Å². The molecular formula is C14H21NO2S. The molecule has 1 aromatic rings. The molecule has 2 heterocycles. The average Bonchev–Trinajstić information content (AvgIpc) is 2.61. The fraction of sp³-hybridized carbons (Fsp3) is 0.643. The predicted molar refractivity (Wildman–Crippen MR) is 75.0 cm³/mol. The number of nitrogen functional groups attached to an aromatic ring is 1. The van der Waals surface area contributed by atoms with Crippen molar-refractivity contribution in [3.63, 3.8) is 0 Å². The molecule has 0 atom stereocenters. The molecule has 1 aliphatic heterocycles. The summed E-state index contributed by atoms with van der Waals surface area (Å²) in [6.07, 6.45) is 0. The van der Waals surface area contributed by atoms with Gasteiger partial charge in [0, 0.05) is 16.4 Å². The van der Waals surface area contributed by atoms with Crippen molar-refractivity contribution in [1.82, 2.24) is 0 Å². The maximum absolute atomic E-state index is 12.4. The molecule has 0 aliphatic carbocycles. The van der Waals surface area contributed by atoms with Gasteiger partial charge in [0.25, 0.3) is 0 Å². The number of ketones is 1. The third-order valence-electron chi connectivity index (χ3n) is 3.37. The molecule has 2 rings (SSSR count). The van der Waals surface area contributed by atoms with Crippen molar-refractivity contribution in [3.8, 4) is 0 Å². The third kappa shape index (κ3) is 1.79. The fourth-order valence-corrected chi connectivity index (χ4v) is 3.98. The van der Waals surface area contributed by atoms with Gasteiger partial charge in [-0.1, -0.05) is 13.8 Å². The van der Waals surface area contributed by atoms with Gasteiger partial charge in [0.15, 0.2) is 5.78 Å². The first-order valence-electron chi connectivity index (χ1n) is 6.25. The summed E-state index contributed by atoms with van der Waals surface area (Å²) in [6, 6.07) is 0. The Labute approximate surface area is 112 Å². The van der Waals surface area contributed by atoms with Crippen LogP contribution in [0, 0.1) is 5.92 Å². The average molecular weight is 267 g/mol. The molecule has 0 amide bonds. The number of ether oxygens (including phenoxy) is 1. The summed E-state index contributed by atoms with van der Waals surface area (Å²) in [5.41, 5.74) is 6.93. The molecule has 0 saturated carbocycles. The molecule has 0 saturated heterocycles. The van der Waals surface area contributed by atoms with Crippen LogP contribution in [0.2, 0.25) is 0 Å². The number of carbonyl (C=O) groups excluding carboxylic acids is 1. The minimum Gasteiger partial charge on any atom is -0.390 e. The van der Waals surface area contributed by atoms with Gasteiger partial charge in [-0.3, -0.25) is 4.79 Å². The number of carbonyl (C=O) groups is 1. The molecule has 0 fully saturated rings. The monoisotopic (exact) mass is 267 g/mol. The summed E-state index contributed by atoms with van der Waals surface area (Å²) < 4.78 is 6.07. The van der Waals surface area contributed by atoms with Crippen LogP contribution in [0.4, 0.5) is 5.00 Å². The standard InChI is InChI=1S/C14H21NO2S/c1-7(2)10(16)8-9-11(18-12(8)15)14(5,6)17-13(9,3)4/h7H,15H2,1-6H3. The highest BCUT2D eigenvalue weighted by molar-refractivity contribution is 7.16. The van der Waals surface area contributed by atoms with Gasteiger partial charge in [-0.15, -0.1) is 11.3 Å². The fourth-order valence-electron chi connectivity index (χ4n) is 2.72. The number of nitrogens with two attached hydrogens (primary N) is 1. The normalized spacial score (nSPS) is 20.2.